The van der Waals surface area contributed by atoms with E-state index in [1.807, 2.05) is 0 Å². The van der Waals surface area contributed by atoms with E-state index in [1.165, 1.54) is 25.7 Å². The van der Waals surface area contributed by atoms with Gasteiger partial charge in [-0.3, -0.25) is 0 Å². The van der Waals surface area contributed by atoms with Gasteiger partial charge in [0.05, 0.1) is 26.4 Å². The molecule has 1 saturated heterocycles. The maximum Gasteiger partial charge on any atom is 0.508 e. The molecule has 164 valence electrons. The fraction of sp³-hybridized carbons (Fsp3) is 0.909. The topological polar surface area (TPSA) is 71.1 Å². The lowest BCUT2D eigenvalue weighted by Gasteiger charge is -2.08. The lowest BCUT2D eigenvalue weighted by molar-refractivity contribution is 0.0516. The van der Waals surface area contributed by atoms with Gasteiger partial charge in [0.15, 0.2) is 0 Å². The highest BCUT2D eigenvalue weighted by Gasteiger charge is 2.04. The fourth-order valence-electron chi connectivity index (χ4n) is 3.23. The van der Waals surface area contributed by atoms with Crippen LogP contribution < -0.4 is 0 Å². The molecule has 0 radical (unpaired) electrons. The van der Waals surface area contributed by atoms with E-state index in [0.29, 0.717) is 26.4 Å². The van der Waals surface area contributed by atoms with Gasteiger partial charge in [-0.25, -0.2) is 9.59 Å². The van der Waals surface area contributed by atoms with Crippen LogP contribution in [0.4, 0.5) is 9.59 Å². The highest BCUT2D eigenvalue weighted by atomic mass is 16.7. The Bertz CT molecular complexity index is 317. The molecule has 1 aliphatic rings. The van der Waals surface area contributed by atoms with Crippen LogP contribution in [0.25, 0.3) is 0 Å². The quantitative estimate of drug-likeness (QED) is 0.429. The van der Waals surface area contributed by atoms with E-state index in [-0.39, 0.29) is 0 Å². The molecule has 1 heterocycles. The molecule has 0 bridgehead atoms. The average Bonchev–Trinajstić information content (AvgIpc) is 2.69. The Morgan fingerprint density at radius 3 is 0.714 bits per heavy atom. The summed E-state index contributed by atoms with van der Waals surface area (Å²) in [5, 5.41) is 0. The smallest absolute Gasteiger partial charge is 0.434 e. The van der Waals surface area contributed by atoms with Crippen LogP contribution >= 0.6 is 0 Å². The van der Waals surface area contributed by atoms with E-state index >= 15 is 0 Å². The molecule has 0 aromatic carbocycles. The zero-order chi connectivity index (χ0) is 20.1. The molecule has 1 rings (SSSR count). The minimum absolute atomic E-state index is 0.451. The summed E-state index contributed by atoms with van der Waals surface area (Å²) in [6.45, 7) is 1.80. The molecule has 6 nitrogen and oxygen atoms in total. The van der Waals surface area contributed by atoms with Crippen LogP contribution in [0.1, 0.15) is 103 Å². The summed E-state index contributed by atoms with van der Waals surface area (Å²) in [7, 11) is 0. The predicted molar refractivity (Wildman–Crippen MR) is 108 cm³/mol. The van der Waals surface area contributed by atoms with Gasteiger partial charge < -0.3 is 18.9 Å². The van der Waals surface area contributed by atoms with Gasteiger partial charge in [-0.15, -0.1) is 0 Å². The van der Waals surface area contributed by atoms with Crippen molar-refractivity contribution < 1.29 is 28.5 Å². The van der Waals surface area contributed by atoms with E-state index in [9.17, 15) is 9.59 Å². The van der Waals surface area contributed by atoms with Gasteiger partial charge in [-0.05, 0) is 25.7 Å². The molecule has 0 atom stereocenters. The van der Waals surface area contributed by atoms with Crippen LogP contribution in [0.15, 0.2) is 0 Å². The molecular weight excluding hydrogens is 360 g/mol. The number of rotatable bonds is 0. The number of ether oxygens (including phenoxy) is 4. The lowest BCUT2D eigenvalue weighted by Crippen LogP contribution is -2.09. The fourth-order valence-corrected chi connectivity index (χ4v) is 3.23. The molecule has 0 aromatic heterocycles. The zero-order valence-electron chi connectivity index (χ0n) is 17.6. The largest absolute Gasteiger partial charge is 0.508 e. The Morgan fingerprint density at radius 2 is 0.500 bits per heavy atom. The second-order valence-corrected chi connectivity index (χ2v) is 7.55. The summed E-state index contributed by atoms with van der Waals surface area (Å²) < 4.78 is 20.4. The highest BCUT2D eigenvalue weighted by molar-refractivity contribution is 5.60. The first-order valence-electron chi connectivity index (χ1n) is 11.4. The number of hydrogen-bond acceptors (Lipinski definition) is 6. The second-order valence-electron chi connectivity index (χ2n) is 7.55. The molecule has 0 saturated carbocycles. The van der Waals surface area contributed by atoms with Crippen molar-refractivity contribution in [3.8, 4) is 0 Å². The van der Waals surface area contributed by atoms with E-state index in [1.54, 1.807) is 0 Å². The standard InChI is InChI=1S/C22H40O6/c23-21-25-17-13-9-5-1-2-6-10-14-18-26-22(24)28-20-16-12-8-4-3-7-11-15-19-27-21/h1-20H2. The van der Waals surface area contributed by atoms with Gasteiger partial charge in [0.2, 0.25) is 0 Å². The van der Waals surface area contributed by atoms with Crippen molar-refractivity contribution in [3.63, 3.8) is 0 Å². The highest BCUT2D eigenvalue weighted by Crippen LogP contribution is 2.11. The minimum Gasteiger partial charge on any atom is -0.434 e. The average molecular weight is 401 g/mol. The third-order valence-electron chi connectivity index (χ3n) is 4.96. The molecular formula is C22H40O6. The second kappa shape index (κ2) is 18.9. The predicted octanol–water partition coefficient (Wildman–Crippen LogP) is 6.55. The van der Waals surface area contributed by atoms with Crippen molar-refractivity contribution >= 4 is 12.3 Å². The van der Waals surface area contributed by atoms with Crippen molar-refractivity contribution in [2.24, 2.45) is 0 Å². The third kappa shape index (κ3) is 16.7. The lowest BCUT2D eigenvalue weighted by atomic mass is 10.1. The van der Waals surface area contributed by atoms with Crippen molar-refractivity contribution in [2.75, 3.05) is 26.4 Å². The Hall–Kier alpha value is -1.46. The summed E-state index contributed by atoms with van der Waals surface area (Å²) in [6, 6.07) is 0. The van der Waals surface area contributed by atoms with E-state index in [2.05, 4.69) is 0 Å². The van der Waals surface area contributed by atoms with Crippen LogP contribution in [0.2, 0.25) is 0 Å². The van der Waals surface area contributed by atoms with Gasteiger partial charge in [0, 0.05) is 0 Å². The van der Waals surface area contributed by atoms with Gasteiger partial charge >= 0.3 is 12.3 Å². The Kier molecular flexibility index (Phi) is 16.6. The molecule has 1 fully saturated rings. The van der Waals surface area contributed by atoms with Crippen LogP contribution in [0.3, 0.4) is 0 Å². The normalized spacial score (nSPS) is 22.1. The molecule has 0 N–H and O–H groups in total. The number of hydrogen-bond donors (Lipinski definition) is 0. The summed E-state index contributed by atoms with van der Waals surface area (Å²) in [5.41, 5.74) is 0. The number of cyclic esters (lactones) is 4. The van der Waals surface area contributed by atoms with Gasteiger partial charge in [0.1, 0.15) is 0 Å². The van der Waals surface area contributed by atoms with Crippen LogP contribution in [0, 0.1) is 0 Å². The number of carbonyl (C=O) groups excluding carboxylic acids is 2. The SMILES string of the molecule is O=C1OCCCCCCCCCCOC(=O)OCCCCCCCCCCO1. The Morgan fingerprint density at radius 1 is 0.321 bits per heavy atom. The number of carbonyl (C=O) groups is 2. The Balaban J connectivity index is 2.14. The van der Waals surface area contributed by atoms with Crippen LogP contribution in [0.5, 0.6) is 0 Å². The van der Waals surface area contributed by atoms with Crippen LogP contribution in [-0.4, -0.2) is 38.7 Å². The maximum absolute atomic E-state index is 11.5. The maximum atomic E-state index is 11.5. The first kappa shape index (κ1) is 24.6. The van der Waals surface area contributed by atoms with Gasteiger partial charge in [-0.2, -0.15) is 0 Å². The first-order valence-corrected chi connectivity index (χ1v) is 11.4. The van der Waals surface area contributed by atoms with Crippen molar-refractivity contribution in [3.05, 3.63) is 0 Å². The zero-order valence-corrected chi connectivity index (χ0v) is 17.6. The first-order chi connectivity index (χ1) is 13.8. The van der Waals surface area contributed by atoms with E-state index in [0.717, 1.165) is 77.0 Å². The van der Waals surface area contributed by atoms with Crippen LogP contribution in [-0.2, 0) is 18.9 Å². The summed E-state index contributed by atoms with van der Waals surface area (Å²) >= 11 is 0. The summed E-state index contributed by atoms with van der Waals surface area (Å²) in [6.07, 6.45) is 16.2. The van der Waals surface area contributed by atoms with Gasteiger partial charge in [0.25, 0.3) is 0 Å². The van der Waals surface area contributed by atoms with Crippen molar-refractivity contribution in [2.45, 2.75) is 103 Å². The molecule has 0 aliphatic carbocycles. The van der Waals surface area contributed by atoms with E-state index < -0.39 is 12.3 Å². The molecule has 0 aromatic rings. The third-order valence-corrected chi connectivity index (χ3v) is 4.96. The molecule has 0 spiro atoms. The summed E-state index contributed by atoms with van der Waals surface area (Å²) in [4.78, 5) is 23.0. The summed E-state index contributed by atoms with van der Waals surface area (Å²) in [5.74, 6) is 0. The van der Waals surface area contributed by atoms with Crippen molar-refractivity contribution in [1.82, 2.24) is 0 Å². The van der Waals surface area contributed by atoms with E-state index in [4.69, 9.17) is 18.9 Å². The molecule has 0 unspecified atom stereocenters. The van der Waals surface area contributed by atoms with Crippen molar-refractivity contribution in [1.29, 1.82) is 0 Å². The minimum atomic E-state index is -0.524. The molecule has 1 aliphatic heterocycles. The Labute approximate surface area is 170 Å². The molecule has 6 heteroatoms. The van der Waals surface area contributed by atoms with Gasteiger partial charge in [-0.1, -0.05) is 77.0 Å². The monoisotopic (exact) mass is 400 g/mol. The molecule has 0 amide bonds. The molecule has 28 heavy (non-hydrogen) atoms.